The number of para-hydroxylation sites is 1. The van der Waals surface area contributed by atoms with E-state index in [1.54, 1.807) is 12.5 Å². The number of nitrogens with one attached hydrogen (secondary N) is 1. The van der Waals surface area contributed by atoms with Crippen LogP contribution >= 0.6 is 11.3 Å². The first-order valence-corrected chi connectivity index (χ1v) is 10.1. The van der Waals surface area contributed by atoms with Gasteiger partial charge in [0.25, 0.3) is 5.91 Å². The van der Waals surface area contributed by atoms with E-state index < -0.39 is 11.9 Å². The first-order valence-electron chi connectivity index (χ1n) is 9.21. The zero-order chi connectivity index (χ0) is 20.6. The molecule has 1 amide bonds. The summed E-state index contributed by atoms with van der Waals surface area (Å²) in [5.74, 6) is -0.327. The summed E-state index contributed by atoms with van der Waals surface area (Å²) < 4.78 is 10.3. The van der Waals surface area contributed by atoms with Crippen LogP contribution in [0.2, 0.25) is 0 Å². The van der Waals surface area contributed by atoms with E-state index in [1.165, 1.54) is 16.9 Å². The van der Waals surface area contributed by atoms with E-state index in [1.807, 2.05) is 48.5 Å². The van der Waals surface area contributed by atoms with E-state index in [-0.39, 0.29) is 18.8 Å². The second kappa shape index (κ2) is 9.84. The summed E-state index contributed by atoms with van der Waals surface area (Å²) in [5.41, 5.74) is 3.22. The van der Waals surface area contributed by atoms with Crippen LogP contribution in [0.15, 0.2) is 53.9 Å². The fourth-order valence-electron chi connectivity index (χ4n) is 2.68. The molecule has 0 saturated carbocycles. The molecule has 2 aromatic carbocycles. The van der Waals surface area contributed by atoms with E-state index in [0.29, 0.717) is 5.75 Å². The highest BCUT2D eigenvalue weighted by Crippen LogP contribution is 2.24. The van der Waals surface area contributed by atoms with Crippen LogP contribution in [0.25, 0.3) is 10.6 Å². The van der Waals surface area contributed by atoms with Crippen molar-refractivity contribution in [2.75, 3.05) is 13.7 Å². The van der Waals surface area contributed by atoms with Crippen molar-refractivity contribution in [3.8, 4) is 16.3 Å². The highest BCUT2D eigenvalue weighted by Gasteiger charge is 2.15. The lowest BCUT2D eigenvalue weighted by atomic mass is 10.1. The number of thiazole rings is 1. The van der Waals surface area contributed by atoms with Crippen molar-refractivity contribution >= 4 is 23.2 Å². The second-order valence-electron chi connectivity index (χ2n) is 6.25. The lowest BCUT2D eigenvalue weighted by molar-refractivity contribution is -0.124. The summed E-state index contributed by atoms with van der Waals surface area (Å²) in [6.45, 7) is 2.01. The number of benzene rings is 2. The molecular weight excluding hydrogens is 388 g/mol. The van der Waals surface area contributed by atoms with Gasteiger partial charge in [-0.3, -0.25) is 4.79 Å². The van der Waals surface area contributed by atoms with Gasteiger partial charge in [-0.1, -0.05) is 49.4 Å². The number of methoxy groups -OCH3 is 1. The third kappa shape index (κ3) is 5.42. The number of hydrogen-bond acceptors (Lipinski definition) is 6. The first-order chi connectivity index (χ1) is 14.1. The molecule has 3 rings (SSSR count). The number of carbonyl (C=O) groups is 2. The van der Waals surface area contributed by atoms with E-state index in [9.17, 15) is 9.59 Å². The Bertz CT molecular complexity index is 982. The molecule has 0 aliphatic carbocycles. The molecule has 0 unspecified atom stereocenters. The quantitative estimate of drug-likeness (QED) is 0.571. The number of ether oxygens (including phenoxy) is 2. The van der Waals surface area contributed by atoms with E-state index >= 15 is 0 Å². The Hall–Kier alpha value is -3.19. The average molecular weight is 410 g/mol. The monoisotopic (exact) mass is 410 g/mol. The van der Waals surface area contributed by atoms with Crippen molar-refractivity contribution in [3.05, 3.63) is 70.7 Å². The summed E-state index contributed by atoms with van der Waals surface area (Å²) in [4.78, 5) is 28.5. The smallest absolute Gasteiger partial charge is 0.358 e. The molecule has 0 radical (unpaired) electrons. The summed E-state index contributed by atoms with van der Waals surface area (Å²) in [6.07, 6.45) is 0.967. The van der Waals surface area contributed by atoms with Gasteiger partial charge in [-0.15, -0.1) is 11.3 Å². The van der Waals surface area contributed by atoms with E-state index in [2.05, 4.69) is 17.2 Å². The van der Waals surface area contributed by atoms with Crippen molar-refractivity contribution in [1.82, 2.24) is 10.3 Å². The second-order valence-corrected chi connectivity index (χ2v) is 7.11. The molecular formula is C22H22N2O4S. The Labute approximate surface area is 173 Å². The van der Waals surface area contributed by atoms with Crippen LogP contribution < -0.4 is 10.1 Å². The summed E-state index contributed by atoms with van der Waals surface area (Å²) in [5, 5.41) is 5.08. The Balaban J connectivity index is 1.51. The molecule has 0 aliphatic rings. The summed E-state index contributed by atoms with van der Waals surface area (Å²) >= 11 is 1.36. The standard InChI is InChI=1S/C22H22N2O4S/c1-3-15-8-10-16(11-9-15)21-24-18(14-29-21)22(26)28-13-20(25)23-12-17-6-4-5-7-19(17)27-2/h4-11,14H,3,12-13H2,1-2H3,(H,23,25). The van der Waals surface area contributed by atoms with E-state index in [4.69, 9.17) is 9.47 Å². The highest BCUT2D eigenvalue weighted by molar-refractivity contribution is 7.13. The SMILES string of the molecule is CCc1ccc(-c2nc(C(=O)OCC(=O)NCc3ccccc3OC)cs2)cc1. The van der Waals surface area contributed by atoms with Crippen LogP contribution in [0.5, 0.6) is 5.75 Å². The molecule has 0 spiro atoms. The molecule has 1 aromatic heterocycles. The zero-order valence-corrected chi connectivity index (χ0v) is 17.1. The van der Waals surface area contributed by atoms with Crippen LogP contribution in [0.3, 0.4) is 0 Å². The van der Waals surface area contributed by atoms with Gasteiger partial charge >= 0.3 is 5.97 Å². The van der Waals surface area contributed by atoms with Gasteiger partial charge in [-0.05, 0) is 18.1 Å². The Morgan fingerprint density at radius 3 is 2.59 bits per heavy atom. The predicted molar refractivity (Wildman–Crippen MR) is 112 cm³/mol. The van der Waals surface area contributed by atoms with Gasteiger partial charge in [-0.25, -0.2) is 9.78 Å². The summed E-state index contributed by atoms with van der Waals surface area (Å²) in [6, 6.07) is 15.4. The Morgan fingerprint density at radius 1 is 1.10 bits per heavy atom. The molecule has 3 aromatic rings. The van der Waals surface area contributed by atoms with Crippen LogP contribution in [0.1, 0.15) is 28.5 Å². The molecule has 150 valence electrons. The fourth-order valence-corrected chi connectivity index (χ4v) is 3.48. The number of aryl methyl sites for hydroxylation is 1. The maximum Gasteiger partial charge on any atom is 0.358 e. The van der Waals surface area contributed by atoms with Crippen molar-refractivity contribution in [2.45, 2.75) is 19.9 Å². The molecule has 0 fully saturated rings. The molecule has 1 heterocycles. The fraction of sp³-hybridized carbons (Fsp3) is 0.227. The molecule has 7 heteroatoms. The third-order valence-corrected chi connectivity index (χ3v) is 5.22. The molecule has 0 bridgehead atoms. The minimum Gasteiger partial charge on any atom is -0.496 e. The first kappa shape index (κ1) is 20.5. The average Bonchev–Trinajstić information content (AvgIpc) is 3.26. The van der Waals surface area contributed by atoms with Crippen molar-refractivity contribution < 1.29 is 19.1 Å². The van der Waals surface area contributed by atoms with Gasteiger partial charge in [0.05, 0.1) is 7.11 Å². The molecule has 6 nitrogen and oxygen atoms in total. The minimum absolute atomic E-state index is 0.196. The third-order valence-electron chi connectivity index (χ3n) is 4.33. The summed E-state index contributed by atoms with van der Waals surface area (Å²) in [7, 11) is 1.57. The number of carbonyl (C=O) groups excluding carboxylic acids is 2. The van der Waals surface area contributed by atoms with Crippen LogP contribution in [-0.4, -0.2) is 30.6 Å². The number of rotatable bonds is 8. The maximum atomic E-state index is 12.2. The number of hydrogen-bond donors (Lipinski definition) is 1. The highest BCUT2D eigenvalue weighted by atomic mass is 32.1. The van der Waals surface area contributed by atoms with Gasteiger partial charge in [0, 0.05) is 23.1 Å². The van der Waals surface area contributed by atoms with Gasteiger partial charge in [0.2, 0.25) is 0 Å². The lowest BCUT2D eigenvalue weighted by Crippen LogP contribution is -2.28. The van der Waals surface area contributed by atoms with Crippen molar-refractivity contribution in [1.29, 1.82) is 0 Å². The molecule has 0 saturated heterocycles. The molecule has 1 N–H and O–H groups in total. The topological polar surface area (TPSA) is 77.5 Å². The molecule has 0 aliphatic heterocycles. The van der Waals surface area contributed by atoms with Crippen LogP contribution in [-0.2, 0) is 22.5 Å². The van der Waals surface area contributed by atoms with Crippen LogP contribution in [0, 0.1) is 0 Å². The Morgan fingerprint density at radius 2 is 1.86 bits per heavy atom. The van der Waals surface area contributed by atoms with Gasteiger partial charge < -0.3 is 14.8 Å². The predicted octanol–water partition coefficient (Wildman–Crippen LogP) is 3.85. The Kier molecular flexibility index (Phi) is 6.97. The lowest BCUT2D eigenvalue weighted by Gasteiger charge is -2.09. The van der Waals surface area contributed by atoms with Gasteiger partial charge in [-0.2, -0.15) is 0 Å². The van der Waals surface area contributed by atoms with Gasteiger partial charge in [0.1, 0.15) is 10.8 Å². The minimum atomic E-state index is -0.620. The van der Waals surface area contributed by atoms with E-state index in [0.717, 1.165) is 22.6 Å². The maximum absolute atomic E-state index is 12.2. The van der Waals surface area contributed by atoms with Crippen molar-refractivity contribution in [2.24, 2.45) is 0 Å². The van der Waals surface area contributed by atoms with Crippen molar-refractivity contribution in [3.63, 3.8) is 0 Å². The molecule has 29 heavy (non-hydrogen) atoms. The largest absolute Gasteiger partial charge is 0.496 e. The van der Waals surface area contributed by atoms with Gasteiger partial charge in [0.15, 0.2) is 12.3 Å². The number of nitrogens with zero attached hydrogens (tertiary/aromatic N) is 1. The number of amides is 1. The normalized spacial score (nSPS) is 10.4. The molecule has 0 atom stereocenters. The zero-order valence-electron chi connectivity index (χ0n) is 16.3. The van der Waals surface area contributed by atoms with Crippen LogP contribution in [0.4, 0.5) is 0 Å². The number of esters is 1. The number of aromatic nitrogens is 1.